The molecule has 0 radical (unpaired) electrons. The third-order valence-electron chi connectivity index (χ3n) is 10.7. The van der Waals surface area contributed by atoms with Crippen LogP contribution in [0.5, 0.6) is 0 Å². The van der Waals surface area contributed by atoms with Gasteiger partial charge in [-0.1, -0.05) is 121 Å². The summed E-state index contributed by atoms with van der Waals surface area (Å²) in [5.41, 5.74) is 14.9. The van der Waals surface area contributed by atoms with Crippen LogP contribution in [0.25, 0.3) is 84.0 Å². The maximum Gasteiger partial charge on any atom is 0.0710 e. The molecule has 0 atom stereocenters. The molecule has 7 aromatic carbocycles. The SMILES string of the molecule is C1=Cc2c(ccc3c4ccccc4n(-c4cc(-c5ccc6ccccc6n5)cc(-c5ccc6ccccc6n5)c4)c23)N(c2ccccc2)c2ccccc21. The van der Waals surface area contributed by atoms with Crippen LogP contribution in [-0.2, 0) is 0 Å². The molecule has 4 heteroatoms. The summed E-state index contributed by atoms with van der Waals surface area (Å²) in [5.74, 6) is 0. The summed E-state index contributed by atoms with van der Waals surface area (Å²) in [6.07, 6.45) is 4.56. The van der Waals surface area contributed by atoms with Crippen molar-refractivity contribution in [3.8, 4) is 28.2 Å². The smallest absolute Gasteiger partial charge is 0.0710 e. The van der Waals surface area contributed by atoms with E-state index in [9.17, 15) is 0 Å². The molecule has 0 saturated heterocycles. The topological polar surface area (TPSA) is 34.0 Å². The fraction of sp³-hybridized carbons (Fsp3) is 0. The molecule has 4 heterocycles. The van der Waals surface area contributed by atoms with Crippen molar-refractivity contribution in [3.63, 3.8) is 0 Å². The van der Waals surface area contributed by atoms with E-state index in [0.717, 1.165) is 83.7 Å². The van der Waals surface area contributed by atoms with Crippen LogP contribution in [0.15, 0.2) is 182 Å². The Balaban J connectivity index is 1.23. The van der Waals surface area contributed by atoms with Gasteiger partial charge in [0.2, 0.25) is 0 Å². The van der Waals surface area contributed by atoms with Gasteiger partial charge in [0.15, 0.2) is 0 Å². The Bertz CT molecular complexity index is 3020. The second kappa shape index (κ2) is 12.1. The highest BCUT2D eigenvalue weighted by molar-refractivity contribution is 6.15. The van der Waals surface area contributed by atoms with Crippen LogP contribution >= 0.6 is 0 Å². The summed E-state index contributed by atoms with van der Waals surface area (Å²) in [7, 11) is 0. The van der Waals surface area contributed by atoms with Crippen molar-refractivity contribution in [1.82, 2.24) is 14.5 Å². The van der Waals surface area contributed by atoms with E-state index < -0.39 is 0 Å². The molecular weight excluding hydrogens is 657 g/mol. The number of rotatable bonds is 4. The molecule has 0 aliphatic carbocycles. The third-order valence-corrected chi connectivity index (χ3v) is 10.7. The first-order valence-electron chi connectivity index (χ1n) is 18.3. The van der Waals surface area contributed by atoms with E-state index in [0.29, 0.717) is 0 Å². The van der Waals surface area contributed by atoms with Crippen molar-refractivity contribution in [2.24, 2.45) is 0 Å². The largest absolute Gasteiger partial charge is 0.309 e. The second-order valence-electron chi connectivity index (χ2n) is 13.9. The summed E-state index contributed by atoms with van der Waals surface area (Å²) in [6, 6.07) is 64.7. The van der Waals surface area contributed by atoms with Gasteiger partial charge in [0.25, 0.3) is 0 Å². The Hall–Kier alpha value is -7.30. The van der Waals surface area contributed by atoms with Crippen LogP contribution < -0.4 is 4.90 Å². The van der Waals surface area contributed by atoms with E-state index in [1.807, 2.05) is 12.1 Å². The fourth-order valence-electron chi connectivity index (χ4n) is 8.18. The zero-order chi connectivity index (χ0) is 35.6. The van der Waals surface area contributed by atoms with Crippen LogP contribution in [0.1, 0.15) is 11.1 Å². The van der Waals surface area contributed by atoms with Gasteiger partial charge in [0.1, 0.15) is 0 Å². The molecule has 0 saturated carbocycles. The Kier molecular flexibility index (Phi) is 6.82. The molecule has 0 amide bonds. The Morgan fingerprint density at radius 1 is 0.407 bits per heavy atom. The zero-order valence-corrected chi connectivity index (χ0v) is 29.3. The molecule has 0 spiro atoms. The van der Waals surface area contributed by atoms with Crippen molar-refractivity contribution < 1.29 is 0 Å². The molecule has 0 N–H and O–H groups in total. The van der Waals surface area contributed by atoms with Gasteiger partial charge in [-0.15, -0.1) is 0 Å². The van der Waals surface area contributed by atoms with Gasteiger partial charge in [0.05, 0.1) is 44.8 Å². The maximum absolute atomic E-state index is 5.18. The number of aromatic nitrogens is 3. The van der Waals surface area contributed by atoms with E-state index >= 15 is 0 Å². The molecule has 54 heavy (non-hydrogen) atoms. The highest BCUT2D eigenvalue weighted by Gasteiger charge is 2.25. The molecule has 252 valence electrons. The van der Waals surface area contributed by atoms with Gasteiger partial charge < -0.3 is 9.47 Å². The number of benzene rings is 7. The minimum absolute atomic E-state index is 0.919. The van der Waals surface area contributed by atoms with E-state index in [4.69, 9.17) is 9.97 Å². The molecule has 3 aromatic heterocycles. The minimum atomic E-state index is 0.919. The lowest BCUT2D eigenvalue weighted by atomic mass is 10.0. The quantitative estimate of drug-likeness (QED) is 0.185. The summed E-state index contributed by atoms with van der Waals surface area (Å²) >= 11 is 0. The van der Waals surface area contributed by atoms with E-state index in [1.165, 1.54) is 16.3 Å². The van der Waals surface area contributed by atoms with Crippen LogP contribution in [0.3, 0.4) is 0 Å². The van der Waals surface area contributed by atoms with E-state index in [1.54, 1.807) is 0 Å². The molecular formula is C50H32N4. The number of para-hydroxylation sites is 5. The number of hydrogen-bond donors (Lipinski definition) is 0. The summed E-state index contributed by atoms with van der Waals surface area (Å²) < 4.78 is 2.45. The van der Waals surface area contributed by atoms with Crippen LogP contribution in [0.2, 0.25) is 0 Å². The van der Waals surface area contributed by atoms with E-state index in [2.05, 4.69) is 191 Å². The summed E-state index contributed by atoms with van der Waals surface area (Å²) in [6.45, 7) is 0. The van der Waals surface area contributed by atoms with Gasteiger partial charge in [-0.25, -0.2) is 9.97 Å². The number of anilines is 3. The highest BCUT2D eigenvalue weighted by atomic mass is 15.2. The molecule has 11 rings (SSSR count). The second-order valence-corrected chi connectivity index (χ2v) is 13.9. The van der Waals surface area contributed by atoms with Crippen LogP contribution in [-0.4, -0.2) is 14.5 Å². The first-order valence-corrected chi connectivity index (χ1v) is 18.3. The number of fused-ring (bicyclic) bond motifs is 8. The van der Waals surface area contributed by atoms with Crippen LogP contribution in [0.4, 0.5) is 17.1 Å². The van der Waals surface area contributed by atoms with Gasteiger partial charge in [-0.3, -0.25) is 0 Å². The molecule has 0 fully saturated rings. The first-order chi connectivity index (χ1) is 26.8. The average molecular weight is 689 g/mol. The first kappa shape index (κ1) is 30.3. The van der Waals surface area contributed by atoms with Crippen molar-refractivity contribution >= 4 is 72.8 Å². The van der Waals surface area contributed by atoms with Crippen molar-refractivity contribution in [2.45, 2.75) is 0 Å². The molecule has 0 unspecified atom stereocenters. The van der Waals surface area contributed by atoms with Gasteiger partial charge in [0, 0.05) is 49.6 Å². The van der Waals surface area contributed by atoms with Crippen molar-refractivity contribution in [2.75, 3.05) is 4.90 Å². The number of pyridine rings is 2. The normalized spacial score (nSPS) is 12.3. The fourth-order valence-corrected chi connectivity index (χ4v) is 8.18. The number of hydrogen-bond acceptors (Lipinski definition) is 3. The van der Waals surface area contributed by atoms with Crippen molar-refractivity contribution in [1.29, 1.82) is 0 Å². The monoisotopic (exact) mass is 688 g/mol. The number of nitrogens with zero attached hydrogens (tertiary/aromatic N) is 4. The van der Waals surface area contributed by atoms with Gasteiger partial charge in [-0.2, -0.15) is 0 Å². The standard InChI is InChI=1S/C50H32N4/c1-2-15-38(16-3-1)53-47-20-10-6-14-35(47)22-25-42-49(53)29-26-41-40-17-7-11-21-48(40)54(50(41)42)39-31-36(45-27-23-33-12-4-8-18-43(33)51-45)30-37(32-39)46-28-24-34-13-5-9-19-44(34)52-46/h1-32H. The lowest BCUT2D eigenvalue weighted by Crippen LogP contribution is -2.12. The van der Waals surface area contributed by atoms with Gasteiger partial charge in [-0.05, 0) is 78.4 Å². The third kappa shape index (κ3) is 4.85. The van der Waals surface area contributed by atoms with E-state index in [-0.39, 0.29) is 0 Å². The molecule has 0 bridgehead atoms. The highest BCUT2D eigenvalue weighted by Crippen LogP contribution is 2.47. The maximum atomic E-state index is 5.18. The van der Waals surface area contributed by atoms with Crippen LogP contribution in [0, 0.1) is 0 Å². The lowest BCUT2D eigenvalue weighted by molar-refractivity contribution is 1.17. The summed E-state index contributed by atoms with van der Waals surface area (Å²) in [5, 5.41) is 4.65. The molecule has 1 aliphatic rings. The zero-order valence-electron chi connectivity index (χ0n) is 29.3. The predicted molar refractivity (Wildman–Crippen MR) is 226 cm³/mol. The molecule has 1 aliphatic heterocycles. The molecule has 4 nitrogen and oxygen atoms in total. The Morgan fingerprint density at radius 2 is 1.04 bits per heavy atom. The Labute approximate surface area is 312 Å². The predicted octanol–water partition coefficient (Wildman–Crippen LogP) is 13.2. The Morgan fingerprint density at radius 3 is 1.78 bits per heavy atom. The lowest BCUT2D eigenvalue weighted by Gasteiger charge is -2.27. The van der Waals surface area contributed by atoms with Crippen molar-refractivity contribution in [3.05, 3.63) is 193 Å². The van der Waals surface area contributed by atoms with Gasteiger partial charge >= 0.3 is 0 Å². The summed E-state index contributed by atoms with van der Waals surface area (Å²) in [4.78, 5) is 12.8. The average Bonchev–Trinajstić information content (AvgIpc) is 3.48. The minimum Gasteiger partial charge on any atom is -0.309 e. The molecule has 10 aromatic rings.